The molecule has 0 unspecified atom stereocenters. The number of aromatic nitrogens is 2. The van der Waals surface area contributed by atoms with Gasteiger partial charge in [0.05, 0.1) is 17.3 Å². The van der Waals surface area contributed by atoms with Crippen molar-refractivity contribution in [3.63, 3.8) is 0 Å². The molecule has 1 aromatic carbocycles. The van der Waals surface area contributed by atoms with Crippen LogP contribution in [0.1, 0.15) is 16.2 Å². The number of nitrogens with zero attached hydrogens (tertiary/aromatic N) is 2. The van der Waals surface area contributed by atoms with Crippen LogP contribution in [0.2, 0.25) is 10.0 Å². The van der Waals surface area contributed by atoms with Gasteiger partial charge in [-0.25, -0.2) is 0 Å². The van der Waals surface area contributed by atoms with Crippen molar-refractivity contribution in [2.75, 3.05) is 0 Å². The van der Waals surface area contributed by atoms with E-state index in [0.29, 0.717) is 27.9 Å². The molecule has 23 heavy (non-hydrogen) atoms. The lowest BCUT2D eigenvalue weighted by atomic mass is 10.1. The van der Waals surface area contributed by atoms with Gasteiger partial charge in [0.2, 0.25) is 0 Å². The fraction of sp³-hybridized carbons (Fsp3) is 0.0625. The summed E-state index contributed by atoms with van der Waals surface area (Å²) in [6.45, 7) is 0.309. The van der Waals surface area contributed by atoms with E-state index in [4.69, 9.17) is 27.7 Å². The third kappa shape index (κ3) is 3.70. The molecule has 0 atom stereocenters. The first-order chi connectivity index (χ1) is 11.1. The fourth-order valence-corrected chi connectivity index (χ4v) is 2.46. The highest BCUT2D eigenvalue weighted by Crippen LogP contribution is 2.30. The summed E-state index contributed by atoms with van der Waals surface area (Å²) in [5.41, 5.74) is 1.54. The van der Waals surface area contributed by atoms with Crippen LogP contribution in [0.3, 0.4) is 0 Å². The Labute approximate surface area is 142 Å². The molecule has 0 fully saturated rings. The van der Waals surface area contributed by atoms with Crippen LogP contribution in [-0.4, -0.2) is 16.0 Å². The van der Waals surface area contributed by atoms with Gasteiger partial charge in [0.1, 0.15) is 0 Å². The minimum absolute atomic E-state index is 0.168. The van der Waals surface area contributed by atoms with E-state index in [9.17, 15) is 4.79 Å². The van der Waals surface area contributed by atoms with Crippen LogP contribution in [0.25, 0.3) is 11.3 Å². The lowest BCUT2D eigenvalue weighted by Crippen LogP contribution is -2.23. The topological polar surface area (TPSA) is 68.0 Å². The van der Waals surface area contributed by atoms with E-state index in [1.54, 1.807) is 24.4 Å². The minimum atomic E-state index is -0.351. The second-order valence-electron chi connectivity index (χ2n) is 4.70. The summed E-state index contributed by atoms with van der Waals surface area (Å²) in [6.07, 6.45) is 1.66. The van der Waals surface area contributed by atoms with Crippen LogP contribution in [-0.2, 0) is 6.54 Å². The van der Waals surface area contributed by atoms with Gasteiger partial charge in [-0.15, -0.1) is 0 Å². The van der Waals surface area contributed by atoms with E-state index in [0.717, 1.165) is 5.69 Å². The average Bonchev–Trinajstić information content (AvgIpc) is 3.03. The number of rotatable bonds is 4. The van der Waals surface area contributed by atoms with Crippen molar-refractivity contribution in [2.45, 2.75) is 6.54 Å². The summed E-state index contributed by atoms with van der Waals surface area (Å²) in [7, 11) is 0. The first-order valence-electron chi connectivity index (χ1n) is 6.74. The molecule has 1 N–H and O–H groups in total. The first kappa shape index (κ1) is 15.5. The van der Waals surface area contributed by atoms with Gasteiger partial charge in [-0.1, -0.05) is 34.4 Å². The van der Waals surface area contributed by atoms with E-state index in [1.165, 1.54) is 6.07 Å². The molecule has 0 aliphatic heterocycles. The van der Waals surface area contributed by atoms with E-state index >= 15 is 0 Å². The molecule has 5 nitrogen and oxygen atoms in total. The van der Waals surface area contributed by atoms with Crippen LogP contribution < -0.4 is 5.32 Å². The zero-order valence-electron chi connectivity index (χ0n) is 11.8. The molecule has 3 aromatic rings. The molecule has 0 aliphatic carbocycles. The SMILES string of the molecule is O=C(NCc1ccccn1)c1cc(-c2ccc(Cl)cc2Cl)on1. The number of amides is 1. The van der Waals surface area contributed by atoms with Crippen molar-refractivity contribution in [1.29, 1.82) is 0 Å². The molecule has 3 rings (SSSR count). The molecule has 0 radical (unpaired) electrons. The van der Waals surface area contributed by atoms with Crippen molar-refractivity contribution >= 4 is 29.1 Å². The number of nitrogens with one attached hydrogen (secondary N) is 1. The highest BCUT2D eigenvalue weighted by molar-refractivity contribution is 6.36. The van der Waals surface area contributed by atoms with Crippen LogP contribution >= 0.6 is 23.2 Å². The maximum atomic E-state index is 12.1. The normalized spacial score (nSPS) is 10.5. The molecule has 7 heteroatoms. The molecule has 0 saturated carbocycles. The van der Waals surface area contributed by atoms with Crippen LogP contribution in [0.15, 0.2) is 53.2 Å². The molecular weight excluding hydrogens is 337 g/mol. The summed E-state index contributed by atoms with van der Waals surface area (Å²) >= 11 is 12.0. The van der Waals surface area contributed by atoms with Crippen molar-refractivity contribution in [2.24, 2.45) is 0 Å². The molecule has 0 saturated heterocycles. The Morgan fingerprint density at radius 3 is 2.78 bits per heavy atom. The third-order valence-corrected chi connectivity index (χ3v) is 3.64. The summed E-state index contributed by atoms with van der Waals surface area (Å²) in [5.74, 6) is 0.0467. The van der Waals surface area contributed by atoms with Gasteiger partial charge in [0.25, 0.3) is 5.91 Å². The molecule has 116 valence electrons. The Hall–Kier alpha value is -2.37. The van der Waals surface area contributed by atoms with Gasteiger partial charge in [0, 0.05) is 22.8 Å². The van der Waals surface area contributed by atoms with Gasteiger partial charge in [-0.2, -0.15) is 0 Å². The zero-order valence-corrected chi connectivity index (χ0v) is 13.3. The van der Waals surface area contributed by atoms with E-state index in [2.05, 4.69) is 15.5 Å². The van der Waals surface area contributed by atoms with Crippen molar-refractivity contribution in [3.8, 4) is 11.3 Å². The molecule has 0 bridgehead atoms. The molecule has 0 spiro atoms. The predicted molar refractivity (Wildman–Crippen MR) is 87.4 cm³/mol. The highest BCUT2D eigenvalue weighted by Gasteiger charge is 2.15. The smallest absolute Gasteiger partial charge is 0.273 e. The Morgan fingerprint density at radius 1 is 1.17 bits per heavy atom. The maximum absolute atomic E-state index is 12.1. The van der Waals surface area contributed by atoms with Crippen molar-refractivity contribution in [1.82, 2.24) is 15.5 Å². The average molecular weight is 348 g/mol. The number of carbonyl (C=O) groups excluding carboxylic acids is 1. The quantitative estimate of drug-likeness (QED) is 0.775. The summed E-state index contributed by atoms with van der Waals surface area (Å²) in [4.78, 5) is 16.2. The Morgan fingerprint density at radius 2 is 2.04 bits per heavy atom. The standard InChI is InChI=1S/C16H11Cl2N3O2/c17-10-4-5-12(13(18)7-10)15-8-14(21-23-15)16(22)20-9-11-3-1-2-6-19-11/h1-8H,9H2,(H,20,22). The van der Waals surface area contributed by atoms with E-state index in [1.807, 2.05) is 18.2 Å². The van der Waals surface area contributed by atoms with Crippen LogP contribution in [0.5, 0.6) is 0 Å². The van der Waals surface area contributed by atoms with Crippen LogP contribution in [0.4, 0.5) is 0 Å². The molecule has 0 aliphatic rings. The van der Waals surface area contributed by atoms with E-state index in [-0.39, 0.29) is 11.6 Å². The number of halogens is 2. The monoisotopic (exact) mass is 347 g/mol. The molecule has 2 heterocycles. The first-order valence-corrected chi connectivity index (χ1v) is 7.49. The lowest BCUT2D eigenvalue weighted by Gasteiger charge is -2.01. The van der Waals surface area contributed by atoms with Crippen molar-refractivity contribution < 1.29 is 9.32 Å². The Kier molecular flexibility index (Phi) is 4.60. The van der Waals surface area contributed by atoms with Crippen molar-refractivity contribution in [3.05, 3.63) is 70.1 Å². The fourth-order valence-electron chi connectivity index (χ4n) is 1.96. The van der Waals surface area contributed by atoms with E-state index < -0.39 is 0 Å². The number of benzene rings is 1. The summed E-state index contributed by atoms with van der Waals surface area (Å²) in [6, 6.07) is 12.0. The molecule has 2 aromatic heterocycles. The van der Waals surface area contributed by atoms with Gasteiger partial charge in [-0.3, -0.25) is 9.78 Å². The summed E-state index contributed by atoms with van der Waals surface area (Å²) < 4.78 is 5.19. The summed E-state index contributed by atoms with van der Waals surface area (Å²) in [5, 5.41) is 7.44. The van der Waals surface area contributed by atoms with Gasteiger partial charge in [-0.05, 0) is 30.3 Å². The second-order valence-corrected chi connectivity index (χ2v) is 5.55. The second kappa shape index (κ2) is 6.81. The number of carbonyl (C=O) groups is 1. The number of pyridine rings is 1. The van der Waals surface area contributed by atoms with Gasteiger partial charge < -0.3 is 9.84 Å². The largest absolute Gasteiger partial charge is 0.355 e. The Bertz CT molecular complexity index is 834. The highest BCUT2D eigenvalue weighted by atomic mass is 35.5. The van der Waals surface area contributed by atoms with Crippen LogP contribution in [0, 0.1) is 0 Å². The zero-order chi connectivity index (χ0) is 16.2. The number of hydrogen-bond acceptors (Lipinski definition) is 4. The molecule has 1 amide bonds. The minimum Gasteiger partial charge on any atom is -0.355 e. The van der Waals surface area contributed by atoms with Gasteiger partial charge >= 0.3 is 0 Å². The lowest BCUT2D eigenvalue weighted by molar-refractivity contribution is 0.0941. The van der Waals surface area contributed by atoms with Gasteiger partial charge in [0.15, 0.2) is 11.5 Å². The predicted octanol–water partition coefficient (Wildman–Crippen LogP) is 3.97. The number of hydrogen-bond donors (Lipinski definition) is 1. The maximum Gasteiger partial charge on any atom is 0.273 e. The molecular formula is C16H11Cl2N3O2. The third-order valence-electron chi connectivity index (χ3n) is 3.10. The Balaban J connectivity index is 1.72.